The van der Waals surface area contributed by atoms with E-state index in [0.717, 1.165) is 10.0 Å². The molecule has 1 heterocycles. The van der Waals surface area contributed by atoms with Gasteiger partial charge in [-0.25, -0.2) is 4.79 Å². The second-order valence-corrected chi connectivity index (χ2v) is 6.12. The molecule has 1 amide bonds. The summed E-state index contributed by atoms with van der Waals surface area (Å²) in [6.07, 6.45) is 0. The fraction of sp³-hybridized carbons (Fsp3) is 0.294. The molecule has 0 radical (unpaired) electrons. The molecule has 0 spiro atoms. The molecule has 0 aliphatic carbocycles. The highest BCUT2D eigenvalue weighted by atomic mass is 79.9. The van der Waals surface area contributed by atoms with Crippen molar-refractivity contribution in [3.05, 3.63) is 50.8 Å². The van der Waals surface area contributed by atoms with E-state index in [9.17, 15) is 9.59 Å². The summed E-state index contributed by atoms with van der Waals surface area (Å²) in [4.78, 5) is 27.4. The number of hydrogen-bond donors (Lipinski definition) is 2. The summed E-state index contributed by atoms with van der Waals surface area (Å²) in [7, 11) is 0. The number of nitrogens with one attached hydrogen (secondary N) is 2. The van der Waals surface area contributed by atoms with Crippen LogP contribution in [0.2, 0.25) is 0 Å². The quantitative estimate of drug-likeness (QED) is 0.785. The smallest absolute Gasteiger partial charge is 0.340 e. The predicted molar refractivity (Wildman–Crippen MR) is 93.1 cm³/mol. The molecule has 0 aliphatic heterocycles. The maximum Gasteiger partial charge on any atom is 0.340 e. The van der Waals surface area contributed by atoms with Crippen molar-refractivity contribution < 1.29 is 14.3 Å². The molecule has 0 aliphatic rings. The van der Waals surface area contributed by atoms with Crippen LogP contribution in [0.1, 0.15) is 44.6 Å². The normalized spacial score (nSPS) is 10.5. The average Bonchev–Trinajstić information content (AvgIpc) is 2.78. The lowest BCUT2D eigenvalue weighted by Crippen LogP contribution is -2.14. The summed E-state index contributed by atoms with van der Waals surface area (Å²) >= 11 is 3.43. The number of aromatic nitrogens is 1. The van der Waals surface area contributed by atoms with Crippen LogP contribution in [-0.2, 0) is 4.74 Å². The van der Waals surface area contributed by atoms with E-state index in [1.54, 1.807) is 20.8 Å². The number of hydrogen-bond acceptors (Lipinski definition) is 3. The number of carbonyl (C=O) groups excluding carboxylic acids is 2. The number of aromatic amines is 1. The van der Waals surface area contributed by atoms with Crippen molar-refractivity contribution in [3.8, 4) is 0 Å². The average molecular weight is 379 g/mol. The maximum atomic E-state index is 12.5. The van der Waals surface area contributed by atoms with Gasteiger partial charge in [0.25, 0.3) is 5.91 Å². The highest BCUT2D eigenvalue weighted by Crippen LogP contribution is 2.23. The third-order valence-corrected chi connectivity index (χ3v) is 4.45. The Morgan fingerprint density at radius 3 is 2.57 bits per heavy atom. The molecule has 0 atom stereocenters. The molecule has 1 aromatic carbocycles. The van der Waals surface area contributed by atoms with Crippen LogP contribution in [0.15, 0.2) is 22.7 Å². The van der Waals surface area contributed by atoms with Gasteiger partial charge < -0.3 is 15.0 Å². The Morgan fingerprint density at radius 1 is 1.26 bits per heavy atom. The van der Waals surface area contributed by atoms with E-state index in [4.69, 9.17) is 4.74 Å². The molecule has 2 rings (SSSR count). The summed E-state index contributed by atoms with van der Waals surface area (Å²) in [5, 5.41) is 2.84. The monoisotopic (exact) mass is 378 g/mol. The van der Waals surface area contributed by atoms with Gasteiger partial charge in [0.2, 0.25) is 0 Å². The summed E-state index contributed by atoms with van der Waals surface area (Å²) in [6, 6.07) is 5.56. The van der Waals surface area contributed by atoms with E-state index in [1.165, 1.54) is 0 Å². The van der Waals surface area contributed by atoms with Crippen molar-refractivity contribution in [2.75, 3.05) is 11.9 Å². The van der Waals surface area contributed by atoms with E-state index in [-0.39, 0.29) is 5.91 Å². The molecule has 122 valence electrons. The van der Waals surface area contributed by atoms with Crippen molar-refractivity contribution in [1.82, 2.24) is 4.98 Å². The van der Waals surface area contributed by atoms with Crippen LogP contribution in [0.25, 0.3) is 0 Å². The highest BCUT2D eigenvalue weighted by molar-refractivity contribution is 9.10. The van der Waals surface area contributed by atoms with Gasteiger partial charge >= 0.3 is 5.97 Å². The van der Waals surface area contributed by atoms with Crippen LogP contribution in [0, 0.1) is 20.8 Å². The molecule has 5 nitrogen and oxygen atoms in total. The van der Waals surface area contributed by atoms with Crippen molar-refractivity contribution in [2.24, 2.45) is 0 Å². The molecule has 2 N–H and O–H groups in total. The molecule has 23 heavy (non-hydrogen) atoms. The molecule has 1 aromatic heterocycles. The molecule has 2 aromatic rings. The number of benzene rings is 1. The van der Waals surface area contributed by atoms with Gasteiger partial charge in [-0.2, -0.15) is 0 Å². The Labute approximate surface area is 143 Å². The van der Waals surface area contributed by atoms with Gasteiger partial charge in [0.05, 0.1) is 12.2 Å². The van der Waals surface area contributed by atoms with Crippen LogP contribution in [0.4, 0.5) is 5.69 Å². The fourth-order valence-electron chi connectivity index (χ4n) is 2.40. The largest absolute Gasteiger partial charge is 0.462 e. The van der Waals surface area contributed by atoms with Gasteiger partial charge in [0.1, 0.15) is 5.69 Å². The topological polar surface area (TPSA) is 71.2 Å². The number of amides is 1. The molecule has 0 fully saturated rings. The second kappa shape index (κ2) is 7.00. The zero-order valence-electron chi connectivity index (χ0n) is 13.5. The molecule has 6 heteroatoms. The zero-order valence-corrected chi connectivity index (χ0v) is 15.1. The van der Waals surface area contributed by atoms with Gasteiger partial charge in [-0.3, -0.25) is 4.79 Å². The van der Waals surface area contributed by atoms with Crippen LogP contribution >= 0.6 is 15.9 Å². The van der Waals surface area contributed by atoms with E-state index < -0.39 is 5.97 Å². The first-order chi connectivity index (χ1) is 10.8. The van der Waals surface area contributed by atoms with E-state index in [0.29, 0.717) is 34.8 Å². The van der Waals surface area contributed by atoms with E-state index in [2.05, 4.69) is 26.2 Å². The Balaban J connectivity index is 2.28. The SMILES string of the molecule is CCOC(=O)c1c(C)[nH]c(C(=O)Nc2ccc(Br)c(C)c2)c1C. The minimum atomic E-state index is -0.419. The number of halogens is 1. The van der Waals surface area contributed by atoms with Crippen LogP contribution in [0.5, 0.6) is 0 Å². The lowest BCUT2D eigenvalue weighted by molar-refractivity contribution is 0.0525. The minimum Gasteiger partial charge on any atom is -0.462 e. The second-order valence-electron chi connectivity index (χ2n) is 5.26. The summed E-state index contributed by atoms with van der Waals surface area (Å²) in [5.74, 6) is -0.708. The maximum absolute atomic E-state index is 12.5. The summed E-state index contributed by atoms with van der Waals surface area (Å²) in [6.45, 7) is 7.47. The Morgan fingerprint density at radius 2 is 1.96 bits per heavy atom. The highest BCUT2D eigenvalue weighted by Gasteiger charge is 2.22. The number of H-pyrrole nitrogens is 1. The van der Waals surface area contributed by atoms with Crippen LogP contribution in [0.3, 0.4) is 0 Å². The van der Waals surface area contributed by atoms with Crippen LogP contribution < -0.4 is 5.32 Å². The van der Waals surface area contributed by atoms with Crippen molar-refractivity contribution in [1.29, 1.82) is 0 Å². The lowest BCUT2D eigenvalue weighted by Gasteiger charge is -2.07. The molecular formula is C17H19BrN2O3. The van der Waals surface area contributed by atoms with Gasteiger partial charge in [0.15, 0.2) is 0 Å². The van der Waals surface area contributed by atoms with Crippen molar-refractivity contribution >= 4 is 33.5 Å². The first-order valence-electron chi connectivity index (χ1n) is 7.29. The third-order valence-electron chi connectivity index (χ3n) is 3.56. The number of esters is 1. The third kappa shape index (κ3) is 3.64. The van der Waals surface area contributed by atoms with Crippen LogP contribution in [-0.4, -0.2) is 23.5 Å². The van der Waals surface area contributed by atoms with Gasteiger partial charge in [-0.15, -0.1) is 0 Å². The molecule has 0 unspecified atom stereocenters. The summed E-state index contributed by atoms with van der Waals surface area (Å²) in [5.41, 5.74) is 3.72. The Bertz CT molecular complexity index is 765. The van der Waals surface area contributed by atoms with Crippen molar-refractivity contribution in [3.63, 3.8) is 0 Å². The first kappa shape index (κ1) is 17.3. The van der Waals surface area contributed by atoms with Crippen molar-refractivity contribution in [2.45, 2.75) is 27.7 Å². The van der Waals surface area contributed by atoms with Gasteiger partial charge in [-0.1, -0.05) is 15.9 Å². The van der Waals surface area contributed by atoms with E-state index >= 15 is 0 Å². The van der Waals surface area contributed by atoms with Gasteiger partial charge in [-0.05, 0) is 57.0 Å². The molecule has 0 bridgehead atoms. The number of ether oxygens (including phenoxy) is 1. The first-order valence-corrected chi connectivity index (χ1v) is 8.08. The Kier molecular flexibility index (Phi) is 5.26. The lowest BCUT2D eigenvalue weighted by atomic mass is 10.1. The molecule has 0 saturated heterocycles. The molecule has 0 saturated carbocycles. The standard InChI is InChI=1S/C17H19BrN2O3/c1-5-23-17(22)14-10(3)15(19-11(14)4)16(21)20-12-6-7-13(18)9(2)8-12/h6-8,19H,5H2,1-4H3,(H,20,21). The predicted octanol–water partition coefficient (Wildman–Crippen LogP) is 4.13. The Hall–Kier alpha value is -2.08. The molecular weight excluding hydrogens is 360 g/mol. The number of rotatable bonds is 4. The van der Waals surface area contributed by atoms with Gasteiger partial charge in [0, 0.05) is 15.9 Å². The fourth-order valence-corrected chi connectivity index (χ4v) is 2.65. The number of anilines is 1. The zero-order chi connectivity index (χ0) is 17.1. The van der Waals surface area contributed by atoms with E-state index in [1.807, 2.05) is 25.1 Å². The summed E-state index contributed by atoms with van der Waals surface area (Å²) < 4.78 is 6.01. The number of carbonyl (C=O) groups is 2. The minimum absolute atomic E-state index is 0.289. The number of aryl methyl sites for hydroxylation is 2.